The number of carbonyl (C=O) groups excluding carboxylic acids is 3. The molecule has 5 rings (SSSR count). The standard InChI is InChI=1S/C31H33ClN4O3/c1-20-19-29(36(21(2)37)26-13-9-24(32)10-14-26)27-5-3-4-6-28(27)35(20)31(39)23-7-11-25(12-8-23)34-17-15-22(16-18-34)30(33)38/h3-14,20,22,29H,15-19H2,1-2H3,(H2,33,38). The highest BCUT2D eigenvalue weighted by Crippen LogP contribution is 2.43. The average molecular weight is 545 g/mol. The zero-order chi connectivity index (χ0) is 27.7. The molecule has 0 aliphatic carbocycles. The minimum atomic E-state index is -0.228. The lowest BCUT2D eigenvalue weighted by atomic mass is 9.89. The molecule has 2 heterocycles. The van der Waals surface area contributed by atoms with E-state index in [1.807, 2.05) is 72.5 Å². The van der Waals surface area contributed by atoms with Gasteiger partial charge in [0.1, 0.15) is 0 Å². The number of hydrogen-bond donors (Lipinski definition) is 1. The van der Waals surface area contributed by atoms with Crippen molar-refractivity contribution in [3.8, 4) is 0 Å². The van der Waals surface area contributed by atoms with Crippen molar-refractivity contribution in [2.45, 2.75) is 45.2 Å². The summed E-state index contributed by atoms with van der Waals surface area (Å²) in [6.07, 6.45) is 2.08. The van der Waals surface area contributed by atoms with Crippen LogP contribution in [0.2, 0.25) is 5.02 Å². The van der Waals surface area contributed by atoms with Gasteiger partial charge in [-0.05, 0) is 86.3 Å². The maximum absolute atomic E-state index is 13.9. The normalized spacial score (nSPS) is 19.4. The number of anilines is 3. The Balaban J connectivity index is 1.40. The summed E-state index contributed by atoms with van der Waals surface area (Å²) in [6.45, 7) is 5.12. The van der Waals surface area contributed by atoms with Crippen LogP contribution in [0.3, 0.4) is 0 Å². The molecule has 39 heavy (non-hydrogen) atoms. The van der Waals surface area contributed by atoms with Gasteiger partial charge in [-0.15, -0.1) is 0 Å². The Morgan fingerprint density at radius 1 is 0.923 bits per heavy atom. The molecule has 2 N–H and O–H groups in total. The van der Waals surface area contributed by atoms with Gasteiger partial charge in [0.25, 0.3) is 5.91 Å². The van der Waals surface area contributed by atoms with Crippen molar-refractivity contribution in [3.63, 3.8) is 0 Å². The zero-order valence-corrected chi connectivity index (χ0v) is 23.0. The van der Waals surface area contributed by atoms with Crippen molar-refractivity contribution in [3.05, 3.63) is 88.9 Å². The monoisotopic (exact) mass is 544 g/mol. The quantitative estimate of drug-likeness (QED) is 0.454. The molecule has 202 valence electrons. The molecule has 8 heteroatoms. The van der Waals surface area contributed by atoms with E-state index in [-0.39, 0.29) is 35.7 Å². The Morgan fingerprint density at radius 2 is 1.56 bits per heavy atom. The first kappa shape index (κ1) is 26.8. The Morgan fingerprint density at radius 3 is 2.18 bits per heavy atom. The third kappa shape index (κ3) is 5.36. The Labute approximate surface area is 234 Å². The second-order valence-electron chi connectivity index (χ2n) is 10.4. The van der Waals surface area contributed by atoms with Crippen LogP contribution in [-0.4, -0.2) is 36.9 Å². The first-order valence-electron chi connectivity index (χ1n) is 13.4. The highest BCUT2D eigenvalue weighted by molar-refractivity contribution is 6.30. The second-order valence-corrected chi connectivity index (χ2v) is 10.8. The smallest absolute Gasteiger partial charge is 0.258 e. The predicted octanol–water partition coefficient (Wildman–Crippen LogP) is 5.57. The van der Waals surface area contributed by atoms with E-state index in [9.17, 15) is 14.4 Å². The van der Waals surface area contributed by atoms with E-state index in [1.165, 1.54) is 0 Å². The number of nitrogens with two attached hydrogens (primary N) is 1. The van der Waals surface area contributed by atoms with Gasteiger partial charge >= 0.3 is 0 Å². The molecule has 2 aliphatic rings. The molecule has 0 radical (unpaired) electrons. The van der Waals surface area contributed by atoms with Crippen LogP contribution in [0, 0.1) is 5.92 Å². The molecule has 0 spiro atoms. The predicted molar refractivity (Wildman–Crippen MR) is 155 cm³/mol. The maximum Gasteiger partial charge on any atom is 0.258 e. The number of fused-ring (bicyclic) bond motifs is 1. The molecule has 1 fully saturated rings. The number of amides is 3. The molecular formula is C31H33ClN4O3. The lowest BCUT2D eigenvalue weighted by Gasteiger charge is -2.43. The highest BCUT2D eigenvalue weighted by atomic mass is 35.5. The summed E-state index contributed by atoms with van der Waals surface area (Å²) in [4.78, 5) is 44.1. The van der Waals surface area contributed by atoms with Crippen LogP contribution in [0.15, 0.2) is 72.8 Å². The van der Waals surface area contributed by atoms with Gasteiger partial charge in [-0.1, -0.05) is 29.8 Å². The van der Waals surface area contributed by atoms with Crippen molar-refractivity contribution in [1.29, 1.82) is 0 Å². The molecule has 0 bridgehead atoms. The summed E-state index contributed by atoms with van der Waals surface area (Å²) < 4.78 is 0. The summed E-state index contributed by atoms with van der Waals surface area (Å²) in [5.74, 6) is -0.439. The number of piperidine rings is 1. The third-order valence-corrected chi connectivity index (χ3v) is 8.16. The Hall–Kier alpha value is -3.84. The van der Waals surface area contributed by atoms with Crippen molar-refractivity contribution in [1.82, 2.24) is 0 Å². The first-order valence-corrected chi connectivity index (χ1v) is 13.7. The van der Waals surface area contributed by atoms with Crippen LogP contribution >= 0.6 is 11.6 Å². The largest absolute Gasteiger partial charge is 0.371 e. The van der Waals surface area contributed by atoms with Gasteiger partial charge in [-0.25, -0.2) is 0 Å². The number of hydrogen-bond acceptors (Lipinski definition) is 4. The van der Waals surface area contributed by atoms with Gasteiger partial charge in [-0.2, -0.15) is 0 Å². The van der Waals surface area contributed by atoms with Crippen LogP contribution < -0.4 is 20.4 Å². The van der Waals surface area contributed by atoms with Crippen LogP contribution in [0.25, 0.3) is 0 Å². The van der Waals surface area contributed by atoms with E-state index < -0.39 is 0 Å². The Bertz CT molecular complexity index is 1370. The number of primary amides is 1. The van der Waals surface area contributed by atoms with E-state index in [1.54, 1.807) is 24.0 Å². The van der Waals surface area contributed by atoms with Crippen molar-refractivity contribution in [2.75, 3.05) is 27.8 Å². The van der Waals surface area contributed by atoms with Crippen LogP contribution in [0.4, 0.5) is 17.1 Å². The minimum absolute atomic E-state index is 0.0646. The van der Waals surface area contributed by atoms with Gasteiger partial charge in [0.15, 0.2) is 0 Å². The number of benzene rings is 3. The fourth-order valence-corrected chi connectivity index (χ4v) is 6.02. The molecule has 0 aromatic heterocycles. The molecule has 3 aromatic carbocycles. The third-order valence-electron chi connectivity index (χ3n) is 7.91. The molecule has 2 aliphatic heterocycles. The molecule has 3 aromatic rings. The van der Waals surface area contributed by atoms with E-state index in [4.69, 9.17) is 17.3 Å². The van der Waals surface area contributed by atoms with E-state index in [2.05, 4.69) is 4.90 Å². The summed E-state index contributed by atoms with van der Waals surface area (Å²) >= 11 is 6.10. The van der Waals surface area contributed by atoms with Gasteiger partial charge in [0, 0.05) is 59.6 Å². The number of carbonyl (C=O) groups is 3. The van der Waals surface area contributed by atoms with Crippen LogP contribution in [0.1, 0.15) is 55.1 Å². The van der Waals surface area contributed by atoms with E-state index in [0.717, 1.165) is 48.6 Å². The maximum atomic E-state index is 13.9. The zero-order valence-electron chi connectivity index (χ0n) is 22.2. The second kappa shape index (κ2) is 11.1. The molecule has 7 nitrogen and oxygen atoms in total. The lowest BCUT2D eigenvalue weighted by molar-refractivity contribution is -0.122. The fourth-order valence-electron chi connectivity index (χ4n) is 5.89. The molecular weight excluding hydrogens is 512 g/mol. The Kier molecular flexibility index (Phi) is 7.62. The van der Waals surface area contributed by atoms with E-state index in [0.29, 0.717) is 17.0 Å². The minimum Gasteiger partial charge on any atom is -0.371 e. The SMILES string of the molecule is CC(=O)N(c1ccc(Cl)cc1)C1CC(C)N(C(=O)c2ccc(N3CCC(C(N)=O)CC3)cc2)c2ccccc21. The van der Waals surface area contributed by atoms with Crippen molar-refractivity contribution in [2.24, 2.45) is 11.7 Å². The number of nitrogens with zero attached hydrogens (tertiary/aromatic N) is 3. The molecule has 1 saturated heterocycles. The van der Waals surface area contributed by atoms with Gasteiger partial charge < -0.3 is 20.4 Å². The topological polar surface area (TPSA) is 87.0 Å². The molecule has 2 unspecified atom stereocenters. The van der Waals surface area contributed by atoms with Crippen molar-refractivity contribution >= 4 is 46.4 Å². The number of halogens is 1. The lowest BCUT2D eigenvalue weighted by Crippen LogP contribution is -2.47. The van der Waals surface area contributed by atoms with Gasteiger partial charge in [-0.3, -0.25) is 14.4 Å². The fraction of sp³-hybridized carbons (Fsp3) is 0.323. The van der Waals surface area contributed by atoms with Crippen LogP contribution in [0.5, 0.6) is 0 Å². The molecule has 0 saturated carbocycles. The summed E-state index contributed by atoms with van der Waals surface area (Å²) in [5, 5.41) is 0.609. The average Bonchev–Trinajstić information content (AvgIpc) is 2.94. The first-order chi connectivity index (χ1) is 18.7. The molecule has 2 atom stereocenters. The number of para-hydroxylation sites is 1. The summed E-state index contributed by atoms with van der Waals surface area (Å²) in [7, 11) is 0. The van der Waals surface area contributed by atoms with Gasteiger partial charge in [0.2, 0.25) is 11.8 Å². The van der Waals surface area contributed by atoms with Crippen LogP contribution in [-0.2, 0) is 9.59 Å². The van der Waals surface area contributed by atoms with Crippen molar-refractivity contribution < 1.29 is 14.4 Å². The van der Waals surface area contributed by atoms with Gasteiger partial charge in [0.05, 0.1) is 6.04 Å². The summed E-state index contributed by atoms with van der Waals surface area (Å²) in [6, 6.07) is 22.4. The summed E-state index contributed by atoms with van der Waals surface area (Å²) in [5.41, 5.74) is 9.62. The number of rotatable bonds is 5. The highest BCUT2D eigenvalue weighted by Gasteiger charge is 2.38. The van der Waals surface area contributed by atoms with E-state index >= 15 is 0 Å². The molecule has 3 amide bonds.